The van der Waals surface area contributed by atoms with Crippen LogP contribution in [0.5, 0.6) is 5.88 Å². The molecule has 0 aliphatic rings. The number of aromatic nitrogens is 2. The van der Waals surface area contributed by atoms with Gasteiger partial charge in [0.05, 0.1) is 29.4 Å². The van der Waals surface area contributed by atoms with Gasteiger partial charge in [0, 0.05) is 13.2 Å². The highest BCUT2D eigenvalue weighted by molar-refractivity contribution is 6.44. The van der Waals surface area contributed by atoms with Crippen molar-refractivity contribution in [1.29, 1.82) is 0 Å². The van der Waals surface area contributed by atoms with Gasteiger partial charge in [0.15, 0.2) is 0 Å². The van der Waals surface area contributed by atoms with Crippen LogP contribution in [0.2, 0.25) is 10.0 Å². The van der Waals surface area contributed by atoms with E-state index in [0.717, 1.165) is 0 Å². The molecule has 0 atom stereocenters. The van der Waals surface area contributed by atoms with Gasteiger partial charge in [-0.15, -0.1) is 5.10 Å². The quantitative estimate of drug-likeness (QED) is 0.858. The molecular formula is C14H14Cl2N4O3. The lowest BCUT2D eigenvalue weighted by Gasteiger charge is -2.09. The summed E-state index contributed by atoms with van der Waals surface area (Å²) in [6.45, 7) is -0.236. The summed E-state index contributed by atoms with van der Waals surface area (Å²) in [4.78, 5) is 23.9. The maximum atomic E-state index is 12.0. The van der Waals surface area contributed by atoms with Crippen LogP contribution in [-0.4, -0.2) is 35.2 Å². The Hall–Kier alpha value is -2.25. The van der Waals surface area contributed by atoms with Crippen LogP contribution in [0, 0.1) is 0 Å². The first-order valence-corrected chi connectivity index (χ1v) is 7.27. The fourth-order valence-electron chi connectivity index (χ4n) is 1.83. The lowest BCUT2D eigenvalue weighted by Crippen LogP contribution is -2.33. The van der Waals surface area contributed by atoms with Gasteiger partial charge < -0.3 is 15.4 Å². The highest BCUT2D eigenvalue weighted by Crippen LogP contribution is 2.29. The highest BCUT2D eigenvalue weighted by atomic mass is 35.5. The number of nitrogens with one attached hydrogen (secondary N) is 2. The van der Waals surface area contributed by atoms with Crippen molar-refractivity contribution in [3.8, 4) is 5.88 Å². The van der Waals surface area contributed by atoms with E-state index >= 15 is 0 Å². The number of anilines is 1. The average molecular weight is 357 g/mol. The third-order valence-corrected chi connectivity index (χ3v) is 3.69. The summed E-state index contributed by atoms with van der Waals surface area (Å²) >= 11 is 11.8. The lowest BCUT2D eigenvalue weighted by atomic mass is 10.3. The number of hydrogen-bond donors (Lipinski definition) is 2. The minimum Gasteiger partial charge on any atom is -0.479 e. The Morgan fingerprint density at radius 1 is 1.35 bits per heavy atom. The molecule has 0 saturated heterocycles. The van der Waals surface area contributed by atoms with E-state index in [-0.39, 0.29) is 23.0 Å². The molecular weight excluding hydrogens is 343 g/mol. The number of hydrogen-bond acceptors (Lipinski definition) is 4. The Kier molecular flexibility index (Phi) is 5.46. The van der Waals surface area contributed by atoms with Crippen molar-refractivity contribution in [2.75, 3.05) is 19.0 Å². The molecule has 0 radical (unpaired) electrons. The first-order valence-electron chi connectivity index (χ1n) is 6.52. The number of carbonyl (C=O) groups excluding carboxylic acids is 2. The average Bonchev–Trinajstić information content (AvgIpc) is 2.90. The molecule has 0 spiro atoms. The fraction of sp³-hybridized carbons (Fsp3) is 0.214. The van der Waals surface area contributed by atoms with Gasteiger partial charge in [0.2, 0.25) is 11.8 Å². The van der Waals surface area contributed by atoms with Gasteiger partial charge in [-0.2, -0.15) is 0 Å². The van der Waals surface area contributed by atoms with E-state index in [2.05, 4.69) is 15.7 Å². The van der Waals surface area contributed by atoms with Crippen molar-refractivity contribution >= 4 is 40.7 Å². The van der Waals surface area contributed by atoms with Gasteiger partial charge in [-0.25, -0.2) is 0 Å². The molecule has 23 heavy (non-hydrogen) atoms. The Morgan fingerprint density at radius 2 is 2.09 bits per heavy atom. The van der Waals surface area contributed by atoms with E-state index in [9.17, 15) is 9.59 Å². The molecule has 7 nitrogen and oxygen atoms in total. The van der Waals surface area contributed by atoms with Crippen LogP contribution in [0.4, 0.5) is 5.69 Å². The van der Waals surface area contributed by atoms with Crippen molar-refractivity contribution in [1.82, 2.24) is 15.1 Å². The predicted molar refractivity (Wildman–Crippen MR) is 87.2 cm³/mol. The number of amides is 2. The number of benzene rings is 1. The smallest absolute Gasteiger partial charge is 0.258 e. The molecule has 2 rings (SSSR count). The fourth-order valence-corrected chi connectivity index (χ4v) is 2.17. The maximum Gasteiger partial charge on any atom is 0.258 e. The van der Waals surface area contributed by atoms with Crippen LogP contribution in [0.1, 0.15) is 10.4 Å². The zero-order valence-electron chi connectivity index (χ0n) is 12.4. The number of methoxy groups -OCH3 is 1. The van der Waals surface area contributed by atoms with Crippen LogP contribution in [0.25, 0.3) is 0 Å². The summed E-state index contributed by atoms with van der Waals surface area (Å²) in [7, 11) is 3.07. The minimum absolute atomic E-state index is 0.184. The molecule has 122 valence electrons. The van der Waals surface area contributed by atoms with Gasteiger partial charge >= 0.3 is 0 Å². The van der Waals surface area contributed by atoms with Crippen LogP contribution in [0.3, 0.4) is 0 Å². The normalized spacial score (nSPS) is 10.3. The Bertz CT molecular complexity index is 746. The molecule has 9 heteroatoms. The number of rotatable bonds is 5. The molecule has 0 bridgehead atoms. The molecule has 2 amide bonds. The Morgan fingerprint density at radius 3 is 2.78 bits per heavy atom. The number of ether oxygens (including phenoxy) is 1. The second-order valence-electron chi connectivity index (χ2n) is 4.56. The van der Waals surface area contributed by atoms with Gasteiger partial charge in [-0.3, -0.25) is 14.3 Å². The molecule has 2 N–H and O–H groups in total. The number of carbonyl (C=O) groups is 2. The highest BCUT2D eigenvalue weighted by Gasteiger charge is 2.17. The zero-order chi connectivity index (χ0) is 17.0. The number of nitrogens with zero attached hydrogens (tertiary/aromatic N) is 2. The molecule has 1 aromatic carbocycles. The van der Waals surface area contributed by atoms with Crippen LogP contribution in [-0.2, 0) is 11.8 Å². The first-order chi connectivity index (χ1) is 10.9. The first kappa shape index (κ1) is 17.1. The monoisotopic (exact) mass is 356 g/mol. The van der Waals surface area contributed by atoms with E-state index < -0.39 is 11.8 Å². The summed E-state index contributed by atoms with van der Waals surface area (Å²) in [6, 6.07) is 4.87. The molecule has 0 unspecified atom stereocenters. The predicted octanol–water partition coefficient (Wildman–Crippen LogP) is 2.10. The van der Waals surface area contributed by atoms with Crippen molar-refractivity contribution in [2.24, 2.45) is 7.05 Å². The van der Waals surface area contributed by atoms with Crippen LogP contribution < -0.4 is 15.4 Å². The molecule has 0 aliphatic heterocycles. The van der Waals surface area contributed by atoms with E-state index in [4.69, 9.17) is 27.9 Å². The molecule has 0 fully saturated rings. The second-order valence-corrected chi connectivity index (χ2v) is 5.34. The second kappa shape index (κ2) is 7.34. The number of halogens is 2. The van der Waals surface area contributed by atoms with Gasteiger partial charge in [0.25, 0.3) is 5.91 Å². The SMILES string of the molecule is COc1nn(C)cc1C(=O)NCC(=O)Nc1cccc(Cl)c1Cl. The van der Waals surface area contributed by atoms with Crippen molar-refractivity contribution in [3.05, 3.63) is 40.0 Å². The summed E-state index contributed by atoms with van der Waals surface area (Å²) in [5.41, 5.74) is 0.612. The molecule has 0 aliphatic carbocycles. The maximum absolute atomic E-state index is 12.0. The third-order valence-electron chi connectivity index (χ3n) is 2.87. The van der Waals surface area contributed by atoms with Gasteiger partial charge in [-0.05, 0) is 12.1 Å². The summed E-state index contributed by atoms with van der Waals surface area (Å²) in [5.74, 6) is -0.726. The van der Waals surface area contributed by atoms with E-state index in [1.54, 1.807) is 25.2 Å². The standard InChI is InChI=1S/C14H14Cl2N4O3/c1-20-7-8(14(19-20)23-2)13(22)17-6-11(21)18-10-5-3-4-9(15)12(10)16/h3-5,7H,6H2,1-2H3,(H,17,22)(H,18,21). The minimum atomic E-state index is -0.470. The Labute approximate surface area is 142 Å². The zero-order valence-corrected chi connectivity index (χ0v) is 13.9. The van der Waals surface area contributed by atoms with E-state index in [1.807, 2.05) is 0 Å². The lowest BCUT2D eigenvalue weighted by molar-refractivity contribution is -0.115. The molecule has 0 saturated carbocycles. The van der Waals surface area contributed by atoms with Crippen LogP contribution in [0.15, 0.2) is 24.4 Å². The van der Waals surface area contributed by atoms with Crippen molar-refractivity contribution < 1.29 is 14.3 Å². The topological polar surface area (TPSA) is 85.2 Å². The summed E-state index contributed by atoms with van der Waals surface area (Å²) < 4.78 is 6.44. The number of aryl methyl sites for hydroxylation is 1. The largest absolute Gasteiger partial charge is 0.479 e. The molecule has 1 heterocycles. The van der Waals surface area contributed by atoms with Crippen molar-refractivity contribution in [3.63, 3.8) is 0 Å². The Balaban J connectivity index is 1.96. The van der Waals surface area contributed by atoms with Crippen LogP contribution >= 0.6 is 23.2 Å². The summed E-state index contributed by atoms with van der Waals surface area (Å²) in [6.07, 6.45) is 1.50. The molecule has 1 aromatic heterocycles. The summed E-state index contributed by atoms with van der Waals surface area (Å²) in [5, 5.41) is 9.58. The van der Waals surface area contributed by atoms with Crippen molar-refractivity contribution in [2.45, 2.75) is 0 Å². The van der Waals surface area contributed by atoms with E-state index in [0.29, 0.717) is 10.7 Å². The third kappa shape index (κ3) is 4.14. The van der Waals surface area contributed by atoms with Gasteiger partial charge in [0.1, 0.15) is 5.56 Å². The van der Waals surface area contributed by atoms with Gasteiger partial charge in [-0.1, -0.05) is 29.3 Å². The van der Waals surface area contributed by atoms with E-state index in [1.165, 1.54) is 18.0 Å². The molecule has 2 aromatic rings.